The van der Waals surface area contributed by atoms with Gasteiger partial charge in [0.15, 0.2) is 0 Å². The first-order chi connectivity index (χ1) is 13.4. The molecule has 0 fully saturated rings. The molecule has 0 aliphatic heterocycles. The van der Waals surface area contributed by atoms with E-state index in [0.29, 0.717) is 12.1 Å². The molecular weight excluding hydrogens is 350 g/mol. The molecule has 0 aromatic heterocycles. The summed E-state index contributed by atoms with van der Waals surface area (Å²) in [6.07, 6.45) is 4.27. The van der Waals surface area contributed by atoms with E-state index in [1.54, 1.807) is 25.3 Å². The summed E-state index contributed by atoms with van der Waals surface area (Å²) in [5, 5.41) is 5.55. The molecule has 0 bridgehead atoms. The van der Waals surface area contributed by atoms with E-state index in [1.807, 2.05) is 26.2 Å². The molecule has 2 aromatic rings. The minimum absolute atomic E-state index is 0.107. The van der Waals surface area contributed by atoms with Crippen molar-refractivity contribution in [2.24, 2.45) is 0 Å². The molecule has 0 spiro atoms. The lowest BCUT2D eigenvalue weighted by atomic mass is 10.0. The number of hydrogen-bond donors (Lipinski definition) is 2. The lowest BCUT2D eigenvalue weighted by molar-refractivity contribution is -0.116. The van der Waals surface area contributed by atoms with Crippen molar-refractivity contribution in [2.45, 2.75) is 19.4 Å². The molecule has 1 atom stereocenters. The summed E-state index contributed by atoms with van der Waals surface area (Å²) in [6, 6.07) is 15.7. The van der Waals surface area contributed by atoms with E-state index in [9.17, 15) is 9.59 Å². The Labute approximate surface area is 167 Å². The molecule has 0 saturated carbocycles. The Kier molecular flexibility index (Phi) is 7.96. The van der Waals surface area contributed by atoms with Crippen LogP contribution in [0, 0.1) is 0 Å². The number of aryl methyl sites for hydroxylation is 1. The Morgan fingerprint density at radius 3 is 2.21 bits per heavy atom. The van der Waals surface area contributed by atoms with Gasteiger partial charge < -0.3 is 15.5 Å². The highest BCUT2D eigenvalue weighted by atomic mass is 16.2. The van der Waals surface area contributed by atoms with Gasteiger partial charge in [-0.3, -0.25) is 9.59 Å². The lowest BCUT2D eigenvalue weighted by Gasteiger charge is -2.25. The zero-order chi connectivity index (χ0) is 20.5. The van der Waals surface area contributed by atoms with Crippen LogP contribution in [0.3, 0.4) is 0 Å². The van der Waals surface area contributed by atoms with Gasteiger partial charge in [0.2, 0.25) is 5.91 Å². The van der Waals surface area contributed by atoms with E-state index in [1.165, 1.54) is 17.2 Å². The molecule has 0 aliphatic carbocycles. The number of carbonyl (C=O) groups is 2. The second-order valence-electron chi connectivity index (χ2n) is 6.85. The first kappa shape index (κ1) is 21.4. The van der Waals surface area contributed by atoms with E-state index in [-0.39, 0.29) is 17.9 Å². The third-order valence-corrected chi connectivity index (χ3v) is 4.69. The molecule has 28 heavy (non-hydrogen) atoms. The van der Waals surface area contributed by atoms with E-state index in [2.05, 4.69) is 46.7 Å². The van der Waals surface area contributed by atoms with Crippen molar-refractivity contribution < 1.29 is 9.59 Å². The average Bonchev–Trinajstić information content (AvgIpc) is 2.72. The number of nitrogens with zero attached hydrogens (tertiary/aromatic N) is 1. The molecule has 148 valence electrons. The highest BCUT2D eigenvalue weighted by Gasteiger charge is 2.14. The van der Waals surface area contributed by atoms with E-state index in [0.717, 1.165) is 12.0 Å². The number of likely N-dealkylation sites (N-methyl/N-ethyl adjacent to an activating group) is 1. The fraction of sp³-hybridized carbons (Fsp3) is 0.304. The van der Waals surface area contributed by atoms with Crippen LogP contribution in [0.15, 0.2) is 54.6 Å². The minimum Gasteiger partial charge on any atom is -0.355 e. The van der Waals surface area contributed by atoms with Crippen molar-refractivity contribution in [1.82, 2.24) is 15.5 Å². The van der Waals surface area contributed by atoms with Crippen LogP contribution >= 0.6 is 0 Å². The lowest BCUT2D eigenvalue weighted by Crippen LogP contribution is -2.33. The smallest absolute Gasteiger partial charge is 0.251 e. The zero-order valence-electron chi connectivity index (χ0n) is 17.0. The van der Waals surface area contributed by atoms with E-state index >= 15 is 0 Å². The van der Waals surface area contributed by atoms with Crippen LogP contribution in [-0.2, 0) is 11.2 Å². The molecule has 2 aromatic carbocycles. The number of amides is 2. The van der Waals surface area contributed by atoms with Gasteiger partial charge in [-0.1, -0.05) is 43.3 Å². The molecule has 0 heterocycles. The second-order valence-corrected chi connectivity index (χ2v) is 6.85. The van der Waals surface area contributed by atoms with Crippen molar-refractivity contribution in [1.29, 1.82) is 0 Å². The summed E-state index contributed by atoms with van der Waals surface area (Å²) in [5.74, 6) is -0.276. The van der Waals surface area contributed by atoms with Crippen molar-refractivity contribution in [3.05, 3.63) is 76.9 Å². The number of benzene rings is 2. The van der Waals surface area contributed by atoms with Gasteiger partial charge in [-0.05, 0) is 55.4 Å². The summed E-state index contributed by atoms with van der Waals surface area (Å²) in [5.41, 5.74) is 3.93. The molecule has 5 heteroatoms. The summed E-state index contributed by atoms with van der Waals surface area (Å²) in [4.78, 5) is 25.9. The van der Waals surface area contributed by atoms with Crippen molar-refractivity contribution in [3.63, 3.8) is 0 Å². The third kappa shape index (κ3) is 6.06. The van der Waals surface area contributed by atoms with E-state index in [4.69, 9.17) is 0 Å². The predicted octanol–water partition coefficient (Wildman–Crippen LogP) is 3.04. The summed E-state index contributed by atoms with van der Waals surface area (Å²) < 4.78 is 0. The SMILES string of the molecule is CCc1ccc(C(CNC(=O)/C=C/c2ccc(C(=O)NC)cc2)N(C)C)cc1. The Balaban J connectivity index is 1.95. The third-order valence-electron chi connectivity index (χ3n) is 4.69. The van der Waals surface area contributed by atoms with Gasteiger partial charge in [0.05, 0.1) is 6.04 Å². The van der Waals surface area contributed by atoms with Crippen LogP contribution in [0.25, 0.3) is 6.08 Å². The van der Waals surface area contributed by atoms with Crippen LogP contribution < -0.4 is 10.6 Å². The predicted molar refractivity (Wildman–Crippen MR) is 114 cm³/mol. The molecular formula is C23H29N3O2. The Bertz CT molecular complexity index is 809. The van der Waals surface area contributed by atoms with Gasteiger partial charge in [-0.15, -0.1) is 0 Å². The molecule has 1 unspecified atom stereocenters. The van der Waals surface area contributed by atoms with Crippen molar-refractivity contribution in [3.8, 4) is 0 Å². The Hall–Kier alpha value is -2.92. The van der Waals surface area contributed by atoms with Crippen LogP contribution in [0.2, 0.25) is 0 Å². The topological polar surface area (TPSA) is 61.4 Å². The van der Waals surface area contributed by atoms with E-state index < -0.39 is 0 Å². The largest absolute Gasteiger partial charge is 0.355 e. The monoisotopic (exact) mass is 379 g/mol. The molecule has 0 radical (unpaired) electrons. The second kappa shape index (κ2) is 10.4. The molecule has 5 nitrogen and oxygen atoms in total. The van der Waals surface area contributed by atoms with Crippen molar-refractivity contribution >= 4 is 17.9 Å². The Morgan fingerprint density at radius 2 is 1.68 bits per heavy atom. The normalized spacial score (nSPS) is 12.2. The van der Waals surface area contributed by atoms with Crippen LogP contribution in [0.1, 0.15) is 40.0 Å². The number of nitrogens with one attached hydrogen (secondary N) is 2. The summed E-state index contributed by atoms with van der Waals surface area (Å²) in [6.45, 7) is 2.66. The quantitative estimate of drug-likeness (QED) is 0.693. The van der Waals surface area contributed by atoms with Gasteiger partial charge in [0.1, 0.15) is 0 Å². The highest BCUT2D eigenvalue weighted by molar-refractivity contribution is 5.94. The summed E-state index contributed by atoms with van der Waals surface area (Å²) >= 11 is 0. The van der Waals surface area contributed by atoms with Crippen molar-refractivity contribution in [2.75, 3.05) is 27.7 Å². The van der Waals surface area contributed by atoms with Gasteiger partial charge in [-0.25, -0.2) is 0 Å². The first-order valence-electron chi connectivity index (χ1n) is 9.48. The minimum atomic E-state index is -0.146. The van der Waals surface area contributed by atoms with Crippen LogP contribution in [-0.4, -0.2) is 44.4 Å². The van der Waals surface area contributed by atoms with Gasteiger partial charge in [0.25, 0.3) is 5.91 Å². The Morgan fingerprint density at radius 1 is 1.04 bits per heavy atom. The van der Waals surface area contributed by atoms with Crippen LogP contribution in [0.5, 0.6) is 0 Å². The maximum absolute atomic E-state index is 12.2. The average molecular weight is 380 g/mol. The molecule has 0 aliphatic rings. The number of hydrogen-bond acceptors (Lipinski definition) is 3. The van der Waals surface area contributed by atoms with Crippen LogP contribution in [0.4, 0.5) is 0 Å². The molecule has 2 amide bonds. The summed E-state index contributed by atoms with van der Waals surface area (Å²) in [7, 11) is 5.61. The molecule has 2 rings (SSSR count). The fourth-order valence-corrected chi connectivity index (χ4v) is 2.89. The standard InChI is InChI=1S/C23H29N3O2/c1-5-17-6-11-19(12-7-17)21(26(3)4)16-25-22(27)15-10-18-8-13-20(14-9-18)23(28)24-2/h6-15,21H,5,16H2,1-4H3,(H,24,28)(H,25,27)/b15-10+. The molecule has 0 saturated heterocycles. The number of carbonyl (C=O) groups excluding carboxylic acids is 2. The van der Waals surface area contributed by atoms with Gasteiger partial charge in [0, 0.05) is 25.2 Å². The fourth-order valence-electron chi connectivity index (χ4n) is 2.89. The van der Waals surface area contributed by atoms with Gasteiger partial charge in [-0.2, -0.15) is 0 Å². The first-order valence-corrected chi connectivity index (χ1v) is 9.48. The maximum Gasteiger partial charge on any atom is 0.251 e. The highest BCUT2D eigenvalue weighted by Crippen LogP contribution is 2.18. The zero-order valence-corrected chi connectivity index (χ0v) is 17.0. The molecule has 2 N–H and O–H groups in total. The maximum atomic E-state index is 12.2. The van der Waals surface area contributed by atoms with Gasteiger partial charge >= 0.3 is 0 Å². The number of rotatable bonds is 8.